The van der Waals surface area contributed by atoms with Gasteiger partial charge in [-0.1, -0.05) is 0 Å². The lowest BCUT2D eigenvalue weighted by atomic mass is 10.1. The summed E-state index contributed by atoms with van der Waals surface area (Å²) in [5.74, 6) is 0. The van der Waals surface area contributed by atoms with Crippen LogP contribution in [0.5, 0.6) is 0 Å². The van der Waals surface area contributed by atoms with Gasteiger partial charge < -0.3 is 15.2 Å². The molecule has 2 fully saturated rings. The van der Waals surface area contributed by atoms with E-state index in [1.165, 1.54) is 6.42 Å². The van der Waals surface area contributed by atoms with E-state index in [-0.39, 0.29) is 6.10 Å². The van der Waals surface area contributed by atoms with E-state index in [0.29, 0.717) is 12.1 Å². The summed E-state index contributed by atoms with van der Waals surface area (Å²) in [5.41, 5.74) is 0. The van der Waals surface area contributed by atoms with Crippen LogP contribution in [-0.4, -0.2) is 36.5 Å². The van der Waals surface area contributed by atoms with Crippen LogP contribution in [0.15, 0.2) is 0 Å². The molecule has 1 saturated heterocycles. The Labute approximate surface area is 79.5 Å². The molecule has 0 aromatic carbocycles. The number of rotatable bonds is 2. The third kappa shape index (κ3) is 2.42. The van der Waals surface area contributed by atoms with Crippen LogP contribution in [0.3, 0.4) is 0 Å². The molecule has 3 atom stereocenters. The average molecular weight is 185 g/mol. The van der Waals surface area contributed by atoms with Gasteiger partial charge in [0.25, 0.3) is 0 Å². The topological polar surface area (TPSA) is 41.5 Å². The van der Waals surface area contributed by atoms with E-state index >= 15 is 0 Å². The fourth-order valence-electron chi connectivity index (χ4n) is 2.31. The van der Waals surface area contributed by atoms with Gasteiger partial charge in [-0.15, -0.1) is 0 Å². The van der Waals surface area contributed by atoms with E-state index in [4.69, 9.17) is 4.74 Å². The molecule has 0 aromatic heterocycles. The third-order valence-corrected chi connectivity index (χ3v) is 3.09. The molecule has 3 nitrogen and oxygen atoms in total. The van der Waals surface area contributed by atoms with Gasteiger partial charge in [0.05, 0.1) is 12.7 Å². The van der Waals surface area contributed by atoms with Crippen molar-refractivity contribution in [3.05, 3.63) is 0 Å². The Morgan fingerprint density at radius 3 is 2.69 bits per heavy atom. The van der Waals surface area contributed by atoms with Gasteiger partial charge in [-0.3, -0.25) is 0 Å². The lowest BCUT2D eigenvalue weighted by Gasteiger charge is -2.27. The van der Waals surface area contributed by atoms with Crippen molar-refractivity contribution in [2.45, 2.75) is 50.3 Å². The first-order chi connectivity index (χ1) is 6.36. The summed E-state index contributed by atoms with van der Waals surface area (Å²) in [6.45, 7) is 1.73. The zero-order valence-electron chi connectivity index (χ0n) is 8.04. The quantitative estimate of drug-likeness (QED) is 0.664. The second-order valence-corrected chi connectivity index (χ2v) is 4.19. The molecule has 1 aliphatic carbocycles. The van der Waals surface area contributed by atoms with Gasteiger partial charge in [-0.25, -0.2) is 0 Å². The Morgan fingerprint density at radius 2 is 2.08 bits per heavy atom. The zero-order valence-corrected chi connectivity index (χ0v) is 8.04. The molecule has 1 unspecified atom stereocenters. The molecule has 0 amide bonds. The summed E-state index contributed by atoms with van der Waals surface area (Å²) < 4.78 is 5.38. The van der Waals surface area contributed by atoms with Gasteiger partial charge in [0.1, 0.15) is 0 Å². The second-order valence-electron chi connectivity index (χ2n) is 4.19. The van der Waals surface area contributed by atoms with Gasteiger partial charge in [0, 0.05) is 18.7 Å². The Bertz CT molecular complexity index is 157. The van der Waals surface area contributed by atoms with Crippen molar-refractivity contribution in [2.75, 3.05) is 13.2 Å². The van der Waals surface area contributed by atoms with Crippen LogP contribution in [0.1, 0.15) is 32.1 Å². The lowest BCUT2D eigenvalue weighted by molar-refractivity contribution is 0.0559. The zero-order chi connectivity index (χ0) is 9.10. The van der Waals surface area contributed by atoms with Crippen LogP contribution in [0.25, 0.3) is 0 Å². The molecule has 0 aromatic rings. The van der Waals surface area contributed by atoms with Crippen molar-refractivity contribution in [3.8, 4) is 0 Å². The highest BCUT2D eigenvalue weighted by atomic mass is 16.5. The summed E-state index contributed by atoms with van der Waals surface area (Å²) in [4.78, 5) is 0. The monoisotopic (exact) mass is 185 g/mol. The van der Waals surface area contributed by atoms with Crippen LogP contribution in [0.4, 0.5) is 0 Å². The van der Waals surface area contributed by atoms with E-state index in [2.05, 4.69) is 5.32 Å². The first-order valence-electron chi connectivity index (χ1n) is 5.38. The highest BCUT2D eigenvalue weighted by molar-refractivity contribution is 4.86. The standard InChI is InChI=1S/C10H19NO2/c12-10-5-1-4-9(10)11-8-3-2-6-13-7-8/h8-12H,1-7H2/t8?,9-,10-/m0/s1. The summed E-state index contributed by atoms with van der Waals surface area (Å²) >= 11 is 0. The molecule has 2 rings (SSSR count). The molecule has 1 heterocycles. The first kappa shape index (κ1) is 9.44. The molecular weight excluding hydrogens is 166 g/mol. The second kappa shape index (κ2) is 4.40. The SMILES string of the molecule is O[C@H]1CCC[C@@H]1NC1CCCOC1. The number of ether oxygens (including phenoxy) is 1. The number of nitrogens with one attached hydrogen (secondary N) is 1. The average Bonchev–Trinajstić information content (AvgIpc) is 2.54. The van der Waals surface area contributed by atoms with Gasteiger partial charge in [-0.05, 0) is 32.1 Å². The maximum atomic E-state index is 9.62. The van der Waals surface area contributed by atoms with Gasteiger partial charge in [0.15, 0.2) is 0 Å². The van der Waals surface area contributed by atoms with E-state index < -0.39 is 0 Å². The van der Waals surface area contributed by atoms with Gasteiger partial charge in [-0.2, -0.15) is 0 Å². The maximum Gasteiger partial charge on any atom is 0.0693 e. The Kier molecular flexibility index (Phi) is 3.19. The third-order valence-electron chi connectivity index (χ3n) is 3.09. The van der Waals surface area contributed by atoms with E-state index in [1.807, 2.05) is 0 Å². The van der Waals surface area contributed by atoms with Gasteiger partial charge >= 0.3 is 0 Å². The molecule has 0 bridgehead atoms. The lowest BCUT2D eigenvalue weighted by Crippen LogP contribution is -2.46. The minimum atomic E-state index is -0.123. The molecule has 2 aliphatic rings. The summed E-state index contributed by atoms with van der Waals surface area (Å²) in [7, 11) is 0. The predicted molar refractivity (Wildman–Crippen MR) is 50.6 cm³/mol. The first-order valence-corrected chi connectivity index (χ1v) is 5.38. The van der Waals surface area contributed by atoms with Crippen molar-refractivity contribution >= 4 is 0 Å². The van der Waals surface area contributed by atoms with Crippen molar-refractivity contribution in [1.29, 1.82) is 0 Å². The van der Waals surface area contributed by atoms with E-state index in [9.17, 15) is 5.11 Å². The Balaban J connectivity index is 1.75. The number of aliphatic hydroxyl groups excluding tert-OH is 1. The van der Waals surface area contributed by atoms with Crippen LogP contribution < -0.4 is 5.32 Å². The molecule has 13 heavy (non-hydrogen) atoms. The fraction of sp³-hybridized carbons (Fsp3) is 1.00. The van der Waals surface area contributed by atoms with Crippen molar-refractivity contribution in [3.63, 3.8) is 0 Å². The molecule has 1 saturated carbocycles. The smallest absolute Gasteiger partial charge is 0.0693 e. The van der Waals surface area contributed by atoms with Gasteiger partial charge in [0.2, 0.25) is 0 Å². The van der Waals surface area contributed by atoms with Crippen LogP contribution in [0, 0.1) is 0 Å². The molecule has 0 radical (unpaired) electrons. The largest absolute Gasteiger partial charge is 0.392 e. The Hall–Kier alpha value is -0.120. The molecular formula is C10H19NO2. The minimum Gasteiger partial charge on any atom is -0.392 e. The van der Waals surface area contributed by atoms with E-state index in [0.717, 1.165) is 38.9 Å². The molecule has 76 valence electrons. The number of hydrogen-bond donors (Lipinski definition) is 2. The molecule has 0 spiro atoms. The summed E-state index contributed by atoms with van der Waals surface area (Å²) in [5, 5.41) is 13.1. The Morgan fingerprint density at radius 1 is 1.15 bits per heavy atom. The molecule has 3 heteroatoms. The number of aliphatic hydroxyl groups is 1. The van der Waals surface area contributed by atoms with Crippen LogP contribution in [0.2, 0.25) is 0 Å². The van der Waals surface area contributed by atoms with Crippen LogP contribution in [-0.2, 0) is 4.74 Å². The maximum absolute atomic E-state index is 9.62. The minimum absolute atomic E-state index is 0.123. The highest BCUT2D eigenvalue weighted by Crippen LogP contribution is 2.20. The normalized spacial score (nSPS) is 40.8. The highest BCUT2D eigenvalue weighted by Gasteiger charge is 2.27. The summed E-state index contributed by atoms with van der Waals surface area (Å²) in [6, 6.07) is 0.804. The molecule has 1 aliphatic heterocycles. The van der Waals surface area contributed by atoms with Crippen molar-refractivity contribution < 1.29 is 9.84 Å². The van der Waals surface area contributed by atoms with E-state index in [1.54, 1.807) is 0 Å². The summed E-state index contributed by atoms with van der Waals surface area (Å²) in [6.07, 6.45) is 5.47. The van der Waals surface area contributed by atoms with Crippen LogP contribution >= 0.6 is 0 Å². The molecule has 2 N–H and O–H groups in total. The number of hydrogen-bond acceptors (Lipinski definition) is 3. The predicted octanol–water partition coefficient (Wildman–Crippen LogP) is 0.668. The fourth-order valence-corrected chi connectivity index (χ4v) is 2.31. The van der Waals surface area contributed by atoms with Crippen molar-refractivity contribution in [2.24, 2.45) is 0 Å². The van der Waals surface area contributed by atoms with Crippen molar-refractivity contribution in [1.82, 2.24) is 5.32 Å².